The lowest BCUT2D eigenvalue weighted by atomic mass is 10.1. The normalized spacial score (nSPS) is 27.5. The number of benzene rings is 1. The standard InChI is InChI=1S/C16H22O6S/c1-3-8-19-15-14(13(18)12(17)9-20-15)22-16(23)21-11-6-4-10(2)5-7-11/h4-7,12-15,17-18H,3,8-9H2,1-2H3/t12-,13+,14-,15+/m1/s1. The second-order valence-electron chi connectivity index (χ2n) is 5.38. The maximum Gasteiger partial charge on any atom is 0.358 e. The molecule has 0 saturated carbocycles. The van der Waals surface area contributed by atoms with Crippen LogP contribution in [0.4, 0.5) is 0 Å². The van der Waals surface area contributed by atoms with Gasteiger partial charge in [0.05, 0.1) is 6.61 Å². The van der Waals surface area contributed by atoms with E-state index in [-0.39, 0.29) is 11.8 Å². The van der Waals surface area contributed by atoms with E-state index in [0.29, 0.717) is 12.4 Å². The fourth-order valence-electron chi connectivity index (χ4n) is 2.11. The highest BCUT2D eigenvalue weighted by atomic mass is 32.1. The van der Waals surface area contributed by atoms with Crippen molar-refractivity contribution in [3.8, 4) is 5.75 Å². The maximum atomic E-state index is 10.1. The van der Waals surface area contributed by atoms with Crippen LogP contribution in [0.25, 0.3) is 0 Å². The van der Waals surface area contributed by atoms with Crippen LogP contribution in [0.15, 0.2) is 24.3 Å². The number of aryl methyl sites for hydroxylation is 1. The molecule has 1 aromatic carbocycles. The highest BCUT2D eigenvalue weighted by Crippen LogP contribution is 2.21. The number of ether oxygens (including phenoxy) is 4. The first-order valence-corrected chi connectivity index (χ1v) is 7.96. The SMILES string of the molecule is CCCO[C@H]1OC[C@@H](O)[C@H](O)[C@H]1OC(=S)Oc1ccc(C)cc1. The molecule has 0 aliphatic carbocycles. The Bertz CT molecular complexity index is 504. The molecule has 6 nitrogen and oxygen atoms in total. The maximum absolute atomic E-state index is 10.1. The smallest absolute Gasteiger partial charge is 0.358 e. The van der Waals surface area contributed by atoms with Crippen molar-refractivity contribution < 1.29 is 29.2 Å². The lowest BCUT2D eigenvalue weighted by Crippen LogP contribution is -2.55. The van der Waals surface area contributed by atoms with E-state index in [1.807, 2.05) is 26.0 Å². The molecule has 1 saturated heterocycles. The summed E-state index contributed by atoms with van der Waals surface area (Å²) in [6.07, 6.45) is -3.22. The van der Waals surface area contributed by atoms with Crippen LogP contribution in [-0.4, -0.2) is 53.3 Å². The second-order valence-corrected chi connectivity index (χ2v) is 5.71. The minimum Gasteiger partial charge on any atom is -0.445 e. The van der Waals surface area contributed by atoms with E-state index < -0.39 is 24.6 Å². The fraction of sp³-hybridized carbons (Fsp3) is 0.562. The second kappa shape index (κ2) is 8.56. The van der Waals surface area contributed by atoms with Crippen molar-refractivity contribution in [2.24, 2.45) is 0 Å². The van der Waals surface area contributed by atoms with E-state index in [4.69, 9.17) is 31.2 Å². The molecule has 1 aliphatic rings. The summed E-state index contributed by atoms with van der Waals surface area (Å²) in [7, 11) is 0. The molecule has 128 valence electrons. The molecule has 1 fully saturated rings. The summed E-state index contributed by atoms with van der Waals surface area (Å²) < 4.78 is 21.7. The number of thiocarbonyl (C=S) groups is 1. The largest absolute Gasteiger partial charge is 0.445 e. The van der Waals surface area contributed by atoms with Gasteiger partial charge in [0.15, 0.2) is 12.4 Å². The molecule has 1 heterocycles. The number of hydrogen-bond donors (Lipinski definition) is 2. The van der Waals surface area contributed by atoms with E-state index in [1.165, 1.54) is 0 Å². The van der Waals surface area contributed by atoms with Gasteiger partial charge < -0.3 is 29.2 Å². The van der Waals surface area contributed by atoms with Crippen LogP contribution in [0.1, 0.15) is 18.9 Å². The number of rotatable bonds is 5. The van der Waals surface area contributed by atoms with Gasteiger partial charge in [-0.25, -0.2) is 0 Å². The van der Waals surface area contributed by atoms with Crippen LogP contribution in [-0.2, 0) is 14.2 Å². The predicted octanol–water partition coefficient (Wildman–Crippen LogP) is 1.55. The Kier molecular flexibility index (Phi) is 6.73. The molecule has 2 N–H and O–H groups in total. The van der Waals surface area contributed by atoms with E-state index >= 15 is 0 Å². The molecule has 0 radical (unpaired) electrons. The van der Waals surface area contributed by atoms with Crippen molar-refractivity contribution in [3.05, 3.63) is 29.8 Å². The van der Waals surface area contributed by atoms with Crippen molar-refractivity contribution in [3.63, 3.8) is 0 Å². The molecule has 1 aliphatic heterocycles. The van der Waals surface area contributed by atoms with Crippen LogP contribution >= 0.6 is 12.2 Å². The summed E-state index contributed by atoms with van der Waals surface area (Å²) >= 11 is 5.06. The molecule has 1 aromatic rings. The summed E-state index contributed by atoms with van der Waals surface area (Å²) in [5.41, 5.74) is 1.09. The van der Waals surface area contributed by atoms with Gasteiger partial charge in [-0.3, -0.25) is 0 Å². The van der Waals surface area contributed by atoms with Crippen LogP contribution in [0.3, 0.4) is 0 Å². The van der Waals surface area contributed by atoms with Gasteiger partial charge in [0.1, 0.15) is 18.0 Å². The van der Waals surface area contributed by atoms with Gasteiger partial charge in [-0.05, 0) is 25.5 Å². The lowest BCUT2D eigenvalue weighted by molar-refractivity contribution is -0.267. The van der Waals surface area contributed by atoms with Gasteiger partial charge in [-0.15, -0.1) is 0 Å². The van der Waals surface area contributed by atoms with Crippen LogP contribution in [0.2, 0.25) is 0 Å². The van der Waals surface area contributed by atoms with Gasteiger partial charge in [0, 0.05) is 18.8 Å². The third kappa shape index (κ3) is 5.12. The Morgan fingerprint density at radius 1 is 1.30 bits per heavy atom. The molecule has 0 aromatic heterocycles. The minimum absolute atomic E-state index is 0.0268. The predicted molar refractivity (Wildman–Crippen MR) is 87.3 cm³/mol. The summed E-state index contributed by atoms with van der Waals surface area (Å²) in [6, 6.07) is 7.29. The fourth-order valence-corrected chi connectivity index (χ4v) is 2.31. The highest BCUT2D eigenvalue weighted by Gasteiger charge is 2.42. The zero-order valence-electron chi connectivity index (χ0n) is 13.2. The summed E-state index contributed by atoms with van der Waals surface area (Å²) in [4.78, 5) is 0. The Hall–Kier alpha value is -1.25. The van der Waals surface area contributed by atoms with Crippen molar-refractivity contribution in [2.75, 3.05) is 13.2 Å². The molecule has 7 heteroatoms. The first-order valence-electron chi connectivity index (χ1n) is 7.55. The van der Waals surface area contributed by atoms with Crippen molar-refractivity contribution in [1.82, 2.24) is 0 Å². The zero-order valence-corrected chi connectivity index (χ0v) is 14.0. The lowest BCUT2D eigenvalue weighted by Gasteiger charge is -2.37. The Labute approximate surface area is 140 Å². The molecule has 0 bridgehead atoms. The van der Waals surface area contributed by atoms with Crippen LogP contribution < -0.4 is 4.74 Å². The van der Waals surface area contributed by atoms with Crippen LogP contribution in [0.5, 0.6) is 5.75 Å². The van der Waals surface area contributed by atoms with E-state index in [9.17, 15) is 10.2 Å². The zero-order chi connectivity index (χ0) is 16.8. The van der Waals surface area contributed by atoms with Gasteiger partial charge in [0.25, 0.3) is 0 Å². The third-order valence-electron chi connectivity index (χ3n) is 3.37. The van der Waals surface area contributed by atoms with Crippen molar-refractivity contribution in [2.45, 2.75) is 44.9 Å². The van der Waals surface area contributed by atoms with Crippen LogP contribution in [0, 0.1) is 6.92 Å². The minimum atomic E-state index is -1.18. The molecule has 0 spiro atoms. The third-order valence-corrected chi connectivity index (χ3v) is 3.55. The van der Waals surface area contributed by atoms with Crippen molar-refractivity contribution in [1.29, 1.82) is 0 Å². The van der Waals surface area contributed by atoms with Gasteiger partial charge in [0.2, 0.25) is 0 Å². The van der Waals surface area contributed by atoms with Gasteiger partial charge in [-0.1, -0.05) is 24.6 Å². The molecular weight excluding hydrogens is 320 g/mol. The molecule has 0 amide bonds. The average molecular weight is 342 g/mol. The number of aliphatic hydroxyl groups is 2. The average Bonchev–Trinajstić information content (AvgIpc) is 2.53. The van der Waals surface area contributed by atoms with E-state index in [2.05, 4.69) is 0 Å². The molecule has 4 atom stereocenters. The van der Waals surface area contributed by atoms with Crippen molar-refractivity contribution >= 4 is 17.5 Å². The van der Waals surface area contributed by atoms with E-state index in [1.54, 1.807) is 12.1 Å². The highest BCUT2D eigenvalue weighted by molar-refractivity contribution is 7.79. The Morgan fingerprint density at radius 3 is 2.65 bits per heavy atom. The van der Waals surface area contributed by atoms with Gasteiger partial charge in [-0.2, -0.15) is 0 Å². The molecule has 23 heavy (non-hydrogen) atoms. The quantitative estimate of drug-likeness (QED) is 0.786. The first-order chi connectivity index (χ1) is 11.0. The molecule has 2 rings (SSSR count). The Balaban J connectivity index is 1.97. The molecule has 0 unspecified atom stereocenters. The van der Waals surface area contributed by atoms with E-state index in [0.717, 1.165) is 12.0 Å². The summed E-state index contributed by atoms with van der Waals surface area (Å²) in [5, 5.41) is 19.7. The number of aliphatic hydroxyl groups excluding tert-OH is 2. The topological polar surface area (TPSA) is 77.4 Å². The summed E-state index contributed by atoms with van der Waals surface area (Å²) in [5.74, 6) is 0.526. The number of hydrogen-bond acceptors (Lipinski definition) is 7. The summed E-state index contributed by atoms with van der Waals surface area (Å²) in [6.45, 7) is 4.33. The molecular formula is C16H22O6S. The van der Waals surface area contributed by atoms with Gasteiger partial charge >= 0.3 is 5.24 Å². The Morgan fingerprint density at radius 2 is 2.00 bits per heavy atom. The first kappa shape index (κ1) is 18.1. The monoisotopic (exact) mass is 342 g/mol.